The van der Waals surface area contributed by atoms with Gasteiger partial charge in [-0.2, -0.15) is 0 Å². The maximum Gasteiger partial charge on any atom is 0.141 e. The molecule has 0 radical (unpaired) electrons. The number of benzene rings is 1. The summed E-state index contributed by atoms with van der Waals surface area (Å²) in [6.07, 6.45) is 3.17. The molecule has 0 aliphatic rings. The number of rotatable bonds is 1. The molecule has 0 bridgehead atoms. The fraction of sp³-hybridized carbons (Fsp3) is 0.0909. The Balaban J connectivity index is 2.45. The van der Waals surface area contributed by atoms with Crippen LogP contribution in [0, 0.1) is 6.92 Å². The SMILES string of the molecule is Cc1ccc(-c2cnc(N)cn2)cc1Cl. The molecule has 0 unspecified atom stereocenters. The summed E-state index contributed by atoms with van der Waals surface area (Å²) in [7, 11) is 0. The van der Waals surface area contributed by atoms with Crippen LogP contribution >= 0.6 is 11.6 Å². The summed E-state index contributed by atoms with van der Waals surface area (Å²) >= 11 is 6.02. The van der Waals surface area contributed by atoms with Crippen LogP contribution in [0.3, 0.4) is 0 Å². The van der Waals surface area contributed by atoms with Crippen LogP contribution in [0.15, 0.2) is 30.6 Å². The van der Waals surface area contributed by atoms with Gasteiger partial charge in [-0.1, -0.05) is 23.7 Å². The number of nitrogens with two attached hydrogens (primary N) is 1. The zero-order chi connectivity index (χ0) is 10.8. The first-order chi connectivity index (χ1) is 7.16. The number of anilines is 1. The highest BCUT2D eigenvalue weighted by atomic mass is 35.5. The largest absolute Gasteiger partial charge is 0.382 e. The monoisotopic (exact) mass is 219 g/mol. The average Bonchev–Trinajstić information content (AvgIpc) is 2.23. The highest BCUT2D eigenvalue weighted by molar-refractivity contribution is 6.31. The molecule has 0 aliphatic heterocycles. The fourth-order valence-electron chi connectivity index (χ4n) is 1.24. The van der Waals surface area contributed by atoms with Crippen LogP contribution in [0.2, 0.25) is 5.02 Å². The van der Waals surface area contributed by atoms with E-state index in [1.54, 1.807) is 6.20 Å². The van der Waals surface area contributed by atoms with Crippen molar-refractivity contribution in [1.29, 1.82) is 0 Å². The third kappa shape index (κ3) is 2.07. The van der Waals surface area contributed by atoms with Gasteiger partial charge >= 0.3 is 0 Å². The van der Waals surface area contributed by atoms with E-state index in [9.17, 15) is 0 Å². The van der Waals surface area contributed by atoms with Crippen LogP contribution < -0.4 is 5.73 Å². The van der Waals surface area contributed by atoms with Gasteiger partial charge in [-0.15, -0.1) is 0 Å². The number of aryl methyl sites for hydroxylation is 1. The molecule has 1 aromatic carbocycles. The molecule has 3 nitrogen and oxygen atoms in total. The molecule has 0 aliphatic carbocycles. The molecule has 4 heteroatoms. The first-order valence-electron chi connectivity index (χ1n) is 4.51. The van der Waals surface area contributed by atoms with Crippen molar-refractivity contribution in [3.63, 3.8) is 0 Å². The van der Waals surface area contributed by atoms with Crippen molar-refractivity contribution in [2.75, 3.05) is 5.73 Å². The Hall–Kier alpha value is -1.61. The molecular formula is C11H10ClN3. The summed E-state index contributed by atoms with van der Waals surface area (Å²) in [5.74, 6) is 0.414. The Morgan fingerprint density at radius 1 is 1.20 bits per heavy atom. The molecule has 2 N–H and O–H groups in total. The second-order valence-corrected chi connectivity index (χ2v) is 3.70. The quantitative estimate of drug-likeness (QED) is 0.802. The fourth-order valence-corrected chi connectivity index (χ4v) is 1.42. The molecule has 1 aromatic heterocycles. The number of hydrogen-bond donors (Lipinski definition) is 1. The number of aromatic nitrogens is 2. The normalized spacial score (nSPS) is 10.3. The van der Waals surface area contributed by atoms with Crippen LogP contribution in [0.5, 0.6) is 0 Å². The third-order valence-electron chi connectivity index (χ3n) is 2.14. The predicted octanol–water partition coefficient (Wildman–Crippen LogP) is 2.69. The van der Waals surface area contributed by atoms with Crippen molar-refractivity contribution in [1.82, 2.24) is 9.97 Å². The van der Waals surface area contributed by atoms with Crippen molar-refractivity contribution in [3.8, 4) is 11.3 Å². The van der Waals surface area contributed by atoms with E-state index in [2.05, 4.69) is 9.97 Å². The Bertz CT molecular complexity index is 480. The lowest BCUT2D eigenvalue weighted by Crippen LogP contribution is -1.92. The topological polar surface area (TPSA) is 51.8 Å². The van der Waals surface area contributed by atoms with Gasteiger partial charge in [-0.25, -0.2) is 4.98 Å². The van der Waals surface area contributed by atoms with E-state index >= 15 is 0 Å². The van der Waals surface area contributed by atoms with Gasteiger partial charge < -0.3 is 5.73 Å². The molecular weight excluding hydrogens is 210 g/mol. The molecule has 76 valence electrons. The molecule has 1 heterocycles. The molecule has 0 spiro atoms. The summed E-state index contributed by atoms with van der Waals surface area (Å²) in [5, 5.41) is 0.728. The summed E-state index contributed by atoms with van der Waals surface area (Å²) < 4.78 is 0. The van der Waals surface area contributed by atoms with Gasteiger partial charge in [0.25, 0.3) is 0 Å². The van der Waals surface area contributed by atoms with E-state index in [1.165, 1.54) is 6.20 Å². The number of nitrogen functional groups attached to an aromatic ring is 1. The molecule has 15 heavy (non-hydrogen) atoms. The van der Waals surface area contributed by atoms with Gasteiger partial charge in [0.1, 0.15) is 5.82 Å². The highest BCUT2D eigenvalue weighted by Crippen LogP contribution is 2.23. The molecule has 2 aromatic rings. The maximum absolute atomic E-state index is 6.02. The van der Waals surface area contributed by atoms with E-state index in [1.807, 2.05) is 25.1 Å². The van der Waals surface area contributed by atoms with Crippen molar-refractivity contribution >= 4 is 17.4 Å². The van der Waals surface area contributed by atoms with Crippen LogP contribution in [-0.4, -0.2) is 9.97 Å². The lowest BCUT2D eigenvalue weighted by atomic mass is 10.1. The minimum absolute atomic E-state index is 0.414. The molecule has 2 rings (SSSR count). The van der Waals surface area contributed by atoms with E-state index in [4.69, 9.17) is 17.3 Å². The van der Waals surface area contributed by atoms with E-state index in [0.717, 1.165) is 21.8 Å². The minimum atomic E-state index is 0.414. The zero-order valence-corrected chi connectivity index (χ0v) is 8.99. The van der Waals surface area contributed by atoms with Gasteiger partial charge in [0.15, 0.2) is 0 Å². The Kier molecular flexibility index (Phi) is 2.56. The first-order valence-corrected chi connectivity index (χ1v) is 4.88. The van der Waals surface area contributed by atoms with Crippen LogP contribution in [0.25, 0.3) is 11.3 Å². The van der Waals surface area contributed by atoms with Crippen molar-refractivity contribution < 1.29 is 0 Å². The smallest absolute Gasteiger partial charge is 0.141 e. The van der Waals surface area contributed by atoms with E-state index in [0.29, 0.717) is 5.82 Å². The molecule has 0 amide bonds. The summed E-state index contributed by atoms with van der Waals surface area (Å²) in [4.78, 5) is 8.15. The van der Waals surface area contributed by atoms with Gasteiger partial charge in [-0.05, 0) is 18.6 Å². The van der Waals surface area contributed by atoms with Crippen molar-refractivity contribution in [2.24, 2.45) is 0 Å². The van der Waals surface area contributed by atoms with Crippen LogP contribution in [-0.2, 0) is 0 Å². The average molecular weight is 220 g/mol. The maximum atomic E-state index is 6.02. The lowest BCUT2D eigenvalue weighted by Gasteiger charge is -2.03. The Morgan fingerprint density at radius 2 is 2.00 bits per heavy atom. The van der Waals surface area contributed by atoms with Gasteiger partial charge in [0, 0.05) is 10.6 Å². The van der Waals surface area contributed by atoms with Crippen LogP contribution in [0.1, 0.15) is 5.56 Å². The van der Waals surface area contributed by atoms with Crippen molar-refractivity contribution in [2.45, 2.75) is 6.92 Å². The Morgan fingerprint density at radius 3 is 2.60 bits per heavy atom. The predicted molar refractivity (Wildman–Crippen MR) is 61.6 cm³/mol. The lowest BCUT2D eigenvalue weighted by molar-refractivity contribution is 1.21. The third-order valence-corrected chi connectivity index (χ3v) is 2.55. The molecule has 0 saturated carbocycles. The first kappa shape index (κ1) is 9.93. The summed E-state index contributed by atoms with van der Waals surface area (Å²) in [6.45, 7) is 1.96. The zero-order valence-electron chi connectivity index (χ0n) is 8.24. The van der Waals surface area contributed by atoms with Gasteiger partial charge in [0.2, 0.25) is 0 Å². The summed E-state index contributed by atoms with van der Waals surface area (Å²) in [5.41, 5.74) is 8.22. The second kappa shape index (κ2) is 3.87. The summed E-state index contributed by atoms with van der Waals surface area (Å²) in [6, 6.07) is 5.79. The van der Waals surface area contributed by atoms with E-state index < -0.39 is 0 Å². The standard InChI is InChI=1S/C11H10ClN3/c1-7-2-3-8(4-9(7)12)10-5-15-11(13)6-14-10/h2-6H,1H3,(H2,13,15). The highest BCUT2D eigenvalue weighted by Gasteiger charge is 2.02. The molecule has 0 fully saturated rings. The minimum Gasteiger partial charge on any atom is -0.382 e. The number of nitrogens with zero attached hydrogens (tertiary/aromatic N) is 2. The van der Waals surface area contributed by atoms with Gasteiger partial charge in [0.05, 0.1) is 18.1 Å². The van der Waals surface area contributed by atoms with E-state index in [-0.39, 0.29) is 0 Å². The Labute approximate surface area is 92.9 Å². The van der Waals surface area contributed by atoms with Gasteiger partial charge in [-0.3, -0.25) is 4.98 Å². The molecule has 0 saturated heterocycles. The number of halogens is 1. The van der Waals surface area contributed by atoms with Crippen molar-refractivity contribution in [3.05, 3.63) is 41.2 Å². The second-order valence-electron chi connectivity index (χ2n) is 3.29. The number of hydrogen-bond acceptors (Lipinski definition) is 3. The molecule has 0 atom stereocenters. The van der Waals surface area contributed by atoms with Crippen LogP contribution in [0.4, 0.5) is 5.82 Å².